The Labute approximate surface area is 139 Å². The zero-order valence-corrected chi connectivity index (χ0v) is 13.0. The van der Waals surface area contributed by atoms with Gasteiger partial charge in [-0.3, -0.25) is 24.3 Å². The quantitative estimate of drug-likeness (QED) is 0.610. The first kappa shape index (κ1) is 15.8. The Hall–Kier alpha value is -3.13. The van der Waals surface area contributed by atoms with Gasteiger partial charge in [-0.2, -0.15) is 0 Å². The second-order valence-corrected chi connectivity index (χ2v) is 5.31. The monoisotopic (exact) mass is 347 g/mol. The molecule has 0 spiro atoms. The summed E-state index contributed by atoms with van der Waals surface area (Å²) in [4.78, 5) is 48.0. The van der Waals surface area contributed by atoms with Crippen LogP contribution in [0.2, 0.25) is 5.02 Å². The van der Waals surface area contributed by atoms with Gasteiger partial charge in [0.1, 0.15) is 11.4 Å². The SMILES string of the molecule is COC(=O)c1c(Cl)cccc1-n1c(N)c2c(cc1=O)C(=O)NC2=O. The van der Waals surface area contributed by atoms with Crippen LogP contribution >= 0.6 is 11.6 Å². The normalized spacial score (nSPS) is 12.8. The van der Waals surface area contributed by atoms with Crippen molar-refractivity contribution >= 4 is 35.2 Å². The maximum Gasteiger partial charge on any atom is 0.341 e. The predicted octanol–water partition coefficient (Wildman–Crippen LogP) is 0.743. The molecule has 122 valence electrons. The summed E-state index contributed by atoms with van der Waals surface area (Å²) in [6, 6.07) is 5.36. The maximum absolute atomic E-state index is 12.4. The lowest BCUT2D eigenvalue weighted by Gasteiger charge is -2.15. The molecule has 2 heterocycles. The van der Waals surface area contributed by atoms with E-state index in [2.05, 4.69) is 10.1 Å². The minimum Gasteiger partial charge on any atom is -0.465 e. The molecule has 0 atom stereocenters. The summed E-state index contributed by atoms with van der Waals surface area (Å²) in [7, 11) is 1.16. The van der Waals surface area contributed by atoms with Crippen LogP contribution < -0.4 is 16.6 Å². The van der Waals surface area contributed by atoms with Crippen molar-refractivity contribution in [2.45, 2.75) is 0 Å². The van der Waals surface area contributed by atoms with E-state index >= 15 is 0 Å². The predicted molar refractivity (Wildman–Crippen MR) is 84.6 cm³/mol. The number of nitrogens with zero attached hydrogens (tertiary/aromatic N) is 1. The largest absolute Gasteiger partial charge is 0.465 e. The number of hydrogen-bond donors (Lipinski definition) is 2. The Balaban J connectivity index is 2.38. The molecule has 2 aromatic rings. The number of carbonyl (C=O) groups excluding carboxylic acids is 3. The molecule has 0 unspecified atom stereocenters. The molecule has 3 N–H and O–H groups in total. The number of pyridine rings is 1. The average molecular weight is 348 g/mol. The summed E-state index contributed by atoms with van der Waals surface area (Å²) < 4.78 is 5.62. The van der Waals surface area contributed by atoms with E-state index in [1.807, 2.05) is 0 Å². The molecule has 1 aromatic carbocycles. The number of carbonyl (C=O) groups is 3. The van der Waals surface area contributed by atoms with Gasteiger partial charge in [0.25, 0.3) is 17.4 Å². The van der Waals surface area contributed by atoms with Crippen molar-refractivity contribution in [1.29, 1.82) is 0 Å². The number of nitrogens with one attached hydrogen (secondary N) is 1. The van der Waals surface area contributed by atoms with Crippen LogP contribution in [0.1, 0.15) is 31.1 Å². The van der Waals surface area contributed by atoms with Crippen LogP contribution in [0.4, 0.5) is 5.82 Å². The van der Waals surface area contributed by atoms with Gasteiger partial charge in [0, 0.05) is 6.07 Å². The topological polar surface area (TPSA) is 120 Å². The molecular formula is C15H10ClN3O5. The standard InChI is InChI=1S/C15H10ClN3O5/c1-24-15(23)11-7(16)3-2-4-8(11)19-9(20)5-6-10(12(19)17)14(22)18-13(6)21/h2-5H,17H2,1H3,(H,18,21,22). The van der Waals surface area contributed by atoms with Crippen molar-refractivity contribution in [1.82, 2.24) is 9.88 Å². The van der Waals surface area contributed by atoms with Gasteiger partial charge in [-0.1, -0.05) is 17.7 Å². The summed E-state index contributed by atoms with van der Waals surface area (Å²) in [5, 5.41) is 2.11. The van der Waals surface area contributed by atoms with E-state index in [1.165, 1.54) is 18.2 Å². The van der Waals surface area contributed by atoms with E-state index in [1.54, 1.807) is 0 Å². The number of anilines is 1. The number of nitrogen functional groups attached to an aromatic ring is 1. The van der Waals surface area contributed by atoms with Crippen molar-refractivity contribution < 1.29 is 19.1 Å². The first-order chi connectivity index (χ1) is 11.4. The van der Waals surface area contributed by atoms with Gasteiger partial charge in [0.2, 0.25) is 0 Å². The van der Waals surface area contributed by atoms with E-state index in [0.29, 0.717) is 0 Å². The van der Waals surface area contributed by atoms with Crippen LogP contribution in [0.3, 0.4) is 0 Å². The lowest BCUT2D eigenvalue weighted by molar-refractivity contribution is 0.0600. The number of amides is 2. The van der Waals surface area contributed by atoms with Crippen LogP contribution in [0, 0.1) is 0 Å². The van der Waals surface area contributed by atoms with Gasteiger partial charge in [0.05, 0.1) is 28.9 Å². The second kappa shape index (κ2) is 5.50. The molecule has 2 amide bonds. The Morgan fingerprint density at radius 1 is 1.25 bits per heavy atom. The van der Waals surface area contributed by atoms with E-state index < -0.39 is 23.3 Å². The number of imide groups is 1. The first-order valence-electron chi connectivity index (χ1n) is 6.65. The van der Waals surface area contributed by atoms with E-state index in [-0.39, 0.29) is 33.2 Å². The van der Waals surface area contributed by atoms with Crippen molar-refractivity contribution in [3.8, 4) is 5.69 Å². The number of aromatic nitrogens is 1. The summed E-state index contributed by atoms with van der Waals surface area (Å²) in [6.07, 6.45) is 0. The Bertz CT molecular complexity index is 980. The molecule has 0 bridgehead atoms. The number of fused-ring (bicyclic) bond motifs is 1. The Morgan fingerprint density at radius 2 is 1.96 bits per heavy atom. The number of rotatable bonds is 2. The number of benzene rings is 1. The molecule has 9 heteroatoms. The van der Waals surface area contributed by atoms with Gasteiger partial charge in [-0.15, -0.1) is 0 Å². The molecule has 0 aliphatic carbocycles. The third kappa shape index (κ3) is 2.16. The summed E-state index contributed by atoms with van der Waals surface area (Å²) in [5.41, 5.74) is 4.97. The highest BCUT2D eigenvalue weighted by Gasteiger charge is 2.32. The number of esters is 1. The highest BCUT2D eigenvalue weighted by Crippen LogP contribution is 2.28. The first-order valence-corrected chi connectivity index (χ1v) is 7.03. The van der Waals surface area contributed by atoms with Gasteiger partial charge >= 0.3 is 5.97 Å². The molecule has 24 heavy (non-hydrogen) atoms. The number of nitrogens with two attached hydrogens (primary N) is 1. The second-order valence-electron chi connectivity index (χ2n) is 4.90. The highest BCUT2D eigenvalue weighted by atomic mass is 35.5. The molecule has 0 radical (unpaired) electrons. The fraction of sp³-hybridized carbons (Fsp3) is 0.0667. The van der Waals surface area contributed by atoms with Crippen molar-refractivity contribution in [3.05, 3.63) is 56.3 Å². The van der Waals surface area contributed by atoms with Crippen LogP contribution in [0.5, 0.6) is 0 Å². The molecule has 3 rings (SSSR count). The van der Waals surface area contributed by atoms with Crippen molar-refractivity contribution in [2.75, 3.05) is 12.8 Å². The lowest BCUT2D eigenvalue weighted by Crippen LogP contribution is -2.26. The van der Waals surface area contributed by atoms with Crippen molar-refractivity contribution in [2.24, 2.45) is 0 Å². The highest BCUT2D eigenvalue weighted by molar-refractivity contribution is 6.34. The van der Waals surface area contributed by atoms with Gasteiger partial charge in [0.15, 0.2) is 0 Å². The minimum atomic E-state index is -0.775. The number of methoxy groups -OCH3 is 1. The third-order valence-electron chi connectivity index (χ3n) is 3.58. The minimum absolute atomic E-state index is 0.0478. The summed E-state index contributed by atoms with van der Waals surface area (Å²) >= 11 is 6.04. The van der Waals surface area contributed by atoms with Crippen LogP contribution in [0.15, 0.2) is 29.1 Å². The van der Waals surface area contributed by atoms with Crippen LogP contribution in [-0.2, 0) is 4.74 Å². The van der Waals surface area contributed by atoms with E-state index in [4.69, 9.17) is 17.3 Å². The van der Waals surface area contributed by atoms with E-state index in [0.717, 1.165) is 17.7 Å². The smallest absolute Gasteiger partial charge is 0.341 e. The number of ether oxygens (including phenoxy) is 1. The van der Waals surface area contributed by atoms with Crippen LogP contribution in [0.25, 0.3) is 5.69 Å². The summed E-state index contributed by atoms with van der Waals surface area (Å²) in [6.45, 7) is 0. The van der Waals surface area contributed by atoms with Gasteiger partial charge < -0.3 is 10.5 Å². The van der Waals surface area contributed by atoms with Crippen molar-refractivity contribution in [3.63, 3.8) is 0 Å². The Morgan fingerprint density at radius 3 is 2.62 bits per heavy atom. The fourth-order valence-corrected chi connectivity index (χ4v) is 2.78. The van der Waals surface area contributed by atoms with Crippen LogP contribution in [-0.4, -0.2) is 29.5 Å². The summed E-state index contributed by atoms with van der Waals surface area (Å²) in [5.74, 6) is -2.47. The molecule has 1 aliphatic heterocycles. The Kier molecular flexibility index (Phi) is 3.61. The molecule has 8 nitrogen and oxygen atoms in total. The van der Waals surface area contributed by atoms with Gasteiger partial charge in [-0.05, 0) is 12.1 Å². The van der Waals surface area contributed by atoms with Gasteiger partial charge in [-0.25, -0.2) is 4.79 Å². The number of hydrogen-bond acceptors (Lipinski definition) is 6. The molecular weight excluding hydrogens is 338 g/mol. The molecule has 1 aliphatic rings. The maximum atomic E-state index is 12.4. The number of halogens is 1. The molecule has 0 saturated heterocycles. The molecule has 1 aromatic heterocycles. The lowest BCUT2D eigenvalue weighted by atomic mass is 10.1. The zero-order valence-electron chi connectivity index (χ0n) is 12.3. The average Bonchev–Trinajstić information content (AvgIpc) is 2.81. The zero-order chi connectivity index (χ0) is 17.6. The molecule has 0 fully saturated rings. The van der Waals surface area contributed by atoms with E-state index in [9.17, 15) is 19.2 Å². The molecule has 0 saturated carbocycles. The third-order valence-corrected chi connectivity index (χ3v) is 3.89. The fourth-order valence-electron chi connectivity index (χ4n) is 2.53.